The molecule has 0 saturated carbocycles. The zero-order valence-corrected chi connectivity index (χ0v) is 9.45. The molecular weight excluding hydrogens is 200 g/mol. The highest BCUT2D eigenvalue weighted by molar-refractivity contribution is 5.76. The largest absolute Gasteiger partial charge is 0.369 e. The summed E-state index contributed by atoms with van der Waals surface area (Å²) in [7, 11) is 0. The third kappa shape index (κ3) is 2.96. The molecule has 0 aromatic heterocycles. The van der Waals surface area contributed by atoms with E-state index in [-0.39, 0.29) is 12.3 Å². The standard InChI is InChI=1S/C13H14N2O/c1-9-6-11(8-14)7-10(2)12(9)4-3-5-13(15)16/h3-4,6-7H,5H2,1-2H3,(H2,15,16). The van der Waals surface area contributed by atoms with E-state index >= 15 is 0 Å². The fourth-order valence-corrected chi connectivity index (χ4v) is 1.60. The van der Waals surface area contributed by atoms with Crippen LogP contribution in [0.25, 0.3) is 6.08 Å². The van der Waals surface area contributed by atoms with Gasteiger partial charge in [0.1, 0.15) is 0 Å². The topological polar surface area (TPSA) is 66.9 Å². The molecule has 0 radical (unpaired) electrons. The molecule has 0 aliphatic heterocycles. The van der Waals surface area contributed by atoms with Crippen molar-refractivity contribution in [2.75, 3.05) is 0 Å². The highest BCUT2D eigenvalue weighted by atomic mass is 16.1. The molecule has 0 unspecified atom stereocenters. The number of nitrogens with two attached hydrogens (primary N) is 1. The van der Waals surface area contributed by atoms with Gasteiger partial charge in [0.05, 0.1) is 11.6 Å². The van der Waals surface area contributed by atoms with Crippen LogP contribution in [0.4, 0.5) is 0 Å². The van der Waals surface area contributed by atoms with Gasteiger partial charge in [0, 0.05) is 6.42 Å². The Morgan fingerprint density at radius 2 is 2.00 bits per heavy atom. The van der Waals surface area contributed by atoms with Crippen molar-refractivity contribution < 1.29 is 4.79 Å². The normalized spacial score (nSPS) is 10.3. The van der Waals surface area contributed by atoms with E-state index in [2.05, 4.69) is 6.07 Å². The Bertz CT molecular complexity index is 458. The SMILES string of the molecule is Cc1cc(C#N)cc(C)c1C=CCC(N)=O. The molecule has 0 aliphatic rings. The number of amides is 1. The monoisotopic (exact) mass is 214 g/mol. The minimum absolute atomic E-state index is 0.235. The predicted octanol–water partition coefficient (Wildman–Crippen LogP) is 2.06. The van der Waals surface area contributed by atoms with Gasteiger partial charge >= 0.3 is 0 Å². The summed E-state index contributed by atoms with van der Waals surface area (Å²) in [5.41, 5.74) is 8.79. The molecule has 1 aromatic rings. The summed E-state index contributed by atoms with van der Waals surface area (Å²) in [6, 6.07) is 5.77. The lowest BCUT2D eigenvalue weighted by molar-refractivity contribution is -0.117. The van der Waals surface area contributed by atoms with Crippen molar-refractivity contribution in [1.82, 2.24) is 0 Å². The summed E-state index contributed by atoms with van der Waals surface area (Å²) in [5.74, 6) is -0.347. The summed E-state index contributed by atoms with van der Waals surface area (Å²) >= 11 is 0. The average Bonchev–Trinajstić information content (AvgIpc) is 2.21. The molecule has 0 atom stereocenters. The molecular formula is C13H14N2O. The average molecular weight is 214 g/mol. The predicted molar refractivity (Wildman–Crippen MR) is 63.5 cm³/mol. The van der Waals surface area contributed by atoms with Gasteiger partial charge in [0.15, 0.2) is 0 Å². The summed E-state index contributed by atoms with van der Waals surface area (Å²) < 4.78 is 0. The Morgan fingerprint density at radius 1 is 1.44 bits per heavy atom. The first kappa shape index (κ1) is 12.0. The lowest BCUT2D eigenvalue weighted by atomic mass is 9.99. The number of hydrogen-bond donors (Lipinski definition) is 1. The zero-order valence-electron chi connectivity index (χ0n) is 9.45. The number of primary amides is 1. The van der Waals surface area contributed by atoms with E-state index < -0.39 is 0 Å². The van der Waals surface area contributed by atoms with Gasteiger partial charge in [-0.2, -0.15) is 5.26 Å². The lowest BCUT2D eigenvalue weighted by Crippen LogP contribution is -2.07. The van der Waals surface area contributed by atoms with E-state index in [1.54, 1.807) is 6.08 Å². The summed E-state index contributed by atoms with van der Waals surface area (Å²) in [6.45, 7) is 3.88. The smallest absolute Gasteiger partial charge is 0.221 e. The lowest BCUT2D eigenvalue weighted by Gasteiger charge is -2.05. The Kier molecular flexibility index (Phi) is 3.84. The Labute approximate surface area is 95.2 Å². The van der Waals surface area contributed by atoms with E-state index in [9.17, 15) is 4.79 Å². The van der Waals surface area contributed by atoms with Crippen LogP contribution in [0.3, 0.4) is 0 Å². The van der Waals surface area contributed by atoms with E-state index in [0.29, 0.717) is 5.56 Å². The van der Waals surface area contributed by atoms with Crippen LogP contribution in [0.2, 0.25) is 0 Å². The molecule has 0 heterocycles. The highest BCUT2D eigenvalue weighted by Gasteiger charge is 2.01. The number of nitrogens with zero attached hydrogens (tertiary/aromatic N) is 1. The van der Waals surface area contributed by atoms with Crippen LogP contribution in [0, 0.1) is 25.2 Å². The van der Waals surface area contributed by atoms with Gasteiger partial charge in [-0.15, -0.1) is 0 Å². The third-order valence-corrected chi connectivity index (χ3v) is 2.33. The first-order valence-corrected chi connectivity index (χ1v) is 5.00. The number of aryl methyl sites for hydroxylation is 2. The van der Waals surface area contributed by atoms with Crippen LogP contribution in [0.1, 0.15) is 28.7 Å². The highest BCUT2D eigenvalue weighted by Crippen LogP contribution is 2.18. The second-order valence-corrected chi connectivity index (χ2v) is 3.71. The Hall–Kier alpha value is -2.08. The van der Waals surface area contributed by atoms with Gasteiger partial charge < -0.3 is 5.73 Å². The van der Waals surface area contributed by atoms with Crippen molar-refractivity contribution in [3.05, 3.63) is 40.5 Å². The molecule has 0 fully saturated rings. The molecule has 1 amide bonds. The first-order valence-electron chi connectivity index (χ1n) is 5.00. The molecule has 2 N–H and O–H groups in total. The third-order valence-electron chi connectivity index (χ3n) is 2.33. The van der Waals surface area contributed by atoms with Crippen LogP contribution in [-0.4, -0.2) is 5.91 Å². The Morgan fingerprint density at radius 3 is 2.44 bits per heavy atom. The number of rotatable bonds is 3. The van der Waals surface area contributed by atoms with Crippen molar-refractivity contribution in [2.24, 2.45) is 5.73 Å². The van der Waals surface area contributed by atoms with Crippen molar-refractivity contribution in [3.63, 3.8) is 0 Å². The molecule has 3 heteroatoms. The minimum atomic E-state index is -0.347. The number of benzene rings is 1. The maximum absolute atomic E-state index is 10.6. The quantitative estimate of drug-likeness (QED) is 0.836. The summed E-state index contributed by atoms with van der Waals surface area (Å²) in [4.78, 5) is 10.6. The number of hydrogen-bond acceptors (Lipinski definition) is 2. The number of nitriles is 1. The molecule has 0 spiro atoms. The zero-order chi connectivity index (χ0) is 12.1. The van der Waals surface area contributed by atoms with Gasteiger partial charge in [0.25, 0.3) is 0 Å². The molecule has 0 bridgehead atoms. The van der Waals surface area contributed by atoms with Crippen LogP contribution in [-0.2, 0) is 4.79 Å². The number of carbonyl (C=O) groups is 1. The van der Waals surface area contributed by atoms with Gasteiger partial charge in [-0.05, 0) is 42.7 Å². The fourth-order valence-electron chi connectivity index (χ4n) is 1.60. The van der Waals surface area contributed by atoms with E-state index in [1.165, 1.54) is 0 Å². The van der Waals surface area contributed by atoms with Crippen LogP contribution in [0.5, 0.6) is 0 Å². The fraction of sp³-hybridized carbons (Fsp3) is 0.231. The van der Waals surface area contributed by atoms with E-state index in [0.717, 1.165) is 16.7 Å². The second kappa shape index (κ2) is 5.13. The molecule has 1 aromatic carbocycles. The number of carbonyl (C=O) groups excluding carboxylic acids is 1. The summed E-state index contributed by atoms with van der Waals surface area (Å²) in [6.07, 6.45) is 3.85. The van der Waals surface area contributed by atoms with Crippen LogP contribution < -0.4 is 5.73 Å². The second-order valence-electron chi connectivity index (χ2n) is 3.71. The van der Waals surface area contributed by atoms with Gasteiger partial charge in [-0.25, -0.2) is 0 Å². The maximum atomic E-state index is 10.6. The van der Waals surface area contributed by atoms with Crippen molar-refractivity contribution in [3.8, 4) is 6.07 Å². The molecule has 3 nitrogen and oxygen atoms in total. The minimum Gasteiger partial charge on any atom is -0.369 e. The van der Waals surface area contributed by atoms with Gasteiger partial charge in [0.2, 0.25) is 5.91 Å². The van der Waals surface area contributed by atoms with Crippen molar-refractivity contribution >= 4 is 12.0 Å². The molecule has 0 saturated heterocycles. The maximum Gasteiger partial charge on any atom is 0.221 e. The molecule has 1 rings (SSSR count). The first-order chi connectivity index (χ1) is 7.54. The van der Waals surface area contributed by atoms with Crippen LogP contribution in [0.15, 0.2) is 18.2 Å². The Balaban J connectivity index is 3.02. The van der Waals surface area contributed by atoms with Gasteiger partial charge in [-0.1, -0.05) is 12.2 Å². The summed E-state index contributed by atoms with van der Waals surface area (Å²) in [5, 5.41) is 8.80. The molecule has 16 heavy (non-hydrogen) atoms. The van der Waals surface area contributed by atoms with E-state index in [4.69, 9.17) is 11.0 Å². The van der Waals surface area contributed by atoms with E-state index in [1.807, 2.05) is 32.1 Å². The molecule has 82 valence electrons. The van der Waals surface area contributed by atoms with Crippen molar-refractivity contribution in [2.45, 2.75) is 20.3 Å². The molecule has 0 aliphatic carbocycles. The van der Waals surface area contributed by atoms with Crippen molar-refractivity contribution in [1.29, 1.82) is 5.26 Å². The van der Waals surface area contributed by atoms with Crippen LogP contribution >= 0.6 is 0 Å². The van der Waals surface area contributed by atoms with Gasteiger partial charge in [-0.3, -0.25) is 4.79 Å².